The third kappa shape index (κ3) is 2.04. The van der Waals surface area contributed by atoms with Crippen LogP contribution in [-0.2, 0) is 0 Å². The Bertz CT molecular complexity index is 841. The minimum Gasteiger partial charge on any atom is -0.497 e. The van der Waals surface area contributed by atoms with E-state index in [-0.39, 0.29) is 5.69 Å². The predicted octanol–water partition coefficient (Wildman–Crippen LogP) is 2.73. The summed E-state index contributed by atoms with van der Waals surface area (Å²) in [5.74, 6) is 0.421. The standard InChI is InChI=1S/C14H12N4O3/c1-21-8-5-6-9(12(7-8)18(19)20)13-10-3-2-4-11(15)14(10)17-16-13/h2-7H,15H2,1H3,(H,16,17). The fourth-order valence-corrected chi connectivity index (χ4v) is 2.26. The molecule has 0 saturated carbocycles. The number of hydrogen-bond acceptors (Lipinski definition) is 5. The van der Waals surface area contributed by atoms with Crippen molar-refractivity contribution in [3.8, 4) is 17.0 Å². The number of fused-ring (bicyclic) bond motifs is 1. The number of nitro benzene ring substituents is 1. The van der Waals surface area contributed by atoms with Crippen molar-refractivity contribution >= 4 is 22.3 Å². The van der Waals surface area contributed by atoms with E-state index in [9.17, 15) is 10.1 Å². The Hall–Kier alpha value is -3.09. The molecule has 0 atom stereocenters. The van der Waals surface area contributed by atoms with Crippen molar-refractivity contribution in [3.05, 3.63) is 46.5 Å². The van der Waals surface area contributed by atoms with Crippen LogP contribution in [0.1, 0.15) is 0 Å². The van der Waals surface area contributed by atoms with E-state index >= 15 is 0 Å². The van der Waals surface area contributed by atoms with Crippen LogP contribution in [0.2, 0.25) is 0 Å². The van der Waals surface area contributed by atoms with Crippen molar-refractivity contribution in [2.75, 3.05) is 12.8 Å². The number of methoxy groups -OCH3 is 1. The number of rotatable bonds is 3. The topological polar surface area (TPSA) is 107 Å². The number of nitrogen functional groups attached to an aromatic ring is 1. The molecular weight excluding hydrogens is 272 g/mol. The maximum Gasteiger partial charge on any atom is 0.282 e. The quantitative estimate of drug-likeness (QED) is 0.437. The number of nitrogens with one attached hydrogen (secondary N) is 1. The molecule has 0 spiro atoms. The number of benzene rings is 2. The summed E-state index contributed by atoms with van der Waals surface area (Å²) in [5, 5.41) is 19.0. The fourth-order valence-electron chi connectivity index (χ4n) is 2.26. The molecule has 3 N–H and O–H groups in total. The zero-order valence-electron chi connectivity index (χ0n) is 11.2. The zero-order valence-corrected chi connectivity index (χ0v) is 11.2. The van der Waals surface area contributed by atoms with Gasteiger partial charge in [-0.1, -0.05) is 12.1 Å². The van der Waals surface area contributed by atoms with E-state index in [0.29, 0.717) is 28.2 Å². The molecule has 0 fully saturated rings. The highest BCUT2D eigenvalue weighted by atomic mass is 16.6. The first kappa shape index (κ1) is 12.9. The number of nitrogens with two attached hydrogens (primary N) is 1. The number of anilines is 1. The molecule has 3 rings (SSSR count). The van der Waals surface area contributed by atoms with Crippen LogP contribution in [0.15, 0.2) is 36.4 Å². The second kappa shape index (κ2) is 4.78. The molecule has 0 bridgehead atoms. The Labute approximate surface area is 119 Å². The third-order valence-electron chi connectivity index (χ3n) is 3.29. The average molecular weight is 284 g/mol. The molecule has 0 amide bonds. The van der Waals surface area contributed by atoms with Crippen LogP contribution in [-0.4, -0.2) is 22.2 Å². The summed E-state index contributed by atoms with van der Waals surface area (Å²) >= 11 is 0. The number of aromatic amines is 1. The first-order chi connectivity index (χ1) is 10.1. The Morgan fingerprint density at radius 1 is 1.33 bits per heavy atom. The predicted molar refractivity (Wildman–Crippen MR) is 79.1 cm³/mol. The zero-order chi connectivity index (χ0) is 15.0. The maximum atomic E-state index is 11.3. The summed E-state index contributed by atoms with van der Waals surface area (Å²) < 4.78 is 5.03. The monoisotopic (exact) mass is 284 g/mol. The van der Waals surface area contributed by atoms with Crippen LogP contribution in [0.3, 0.4) is 0 Å². The number of para-hydroxylation sites is 1. The molecule has 106 valence electrons. The highest BCUT2D eigenvalue weighted by molar-refractivity contribution is 6.00. The molecule has 0 aliphatic heterocycles. The molecule has 0 radical (unpaired) electrons. The number of aromatic nitrogens is 2. The van der Waals surface area contributed by atoms with Crippen LogP contribution in [0.4, 0.5) is 11.4 Å². The lowest BCUT2D eigenvalue weighted by Crippen LogP contribution is -1.94. The smallest absolute Gasteiger partial charge is 0.282 e. The summed E-state index contributed by atoms with van der Waals surface area (Å²) in [6.45, 7) is 0. The number of hydrogen-bond donors (Lipinski definition) is 2. The van der Waals surface area contributed by atoms with E-state index < -0.39 is 4.92 Å². The van der Waals surface area contributed by atoms with Gasteiger partial charge in [0, 0.05) is 5.39 Å². The van der Waals surface area contributed by atoms with Gasteiger partial charge in [-0.25, -0.2) is 0 Å². The van der Waals surface area contributed by atoms with Gasteiger partial charge < -0.3 is 10.5 Å². The Kier molecular flexibility index (Phi) is 2.94. The molecule has 2 aromatic carbocycles. The maximum absolute atomic E-state index is 11.3. The van der Waals surface area contributed by atoms with Gasteiger partial charge in [0.25, 0.3) is 5.69 Å². The lowest BCUT2D eigenvalue weighted by Gasteiger charge is -2.04. The van der Waals surface area contributed by atoms with Crippen LogP contribution >= 0.6 is 0 Å². The van der Waals surface area contributed by atoms with Crippen molar-refractivity contribution in [2.24, 2.45) is 0 Å². The lowest BCUT2D eigenvalue weighted by molar-refractivity contribution is -0.384. The van der Waals surface area contributed by atoms with Crippen LogP contribution < -0.4 is 10.5 Å². The van der Waals surface area contributed by atoms with Gasteiger partial charge in [0.2, 0.25) is 0 Å². The average Bonchev–Trinajstić information content (AvgIpc) is 2.92. The second-order valence-electron chi connectivity index (χ2n) is 4.48. The van der Waals surface area contributed by atoms with Gasteiger partial charge >= 0.3 is 0 Å². The van der Waals surface area contributed by atoms with Gasteiger partial charge in [0.05, 0.1) is 34.9 Å². The van der Waals surface area contributed by atoms with E-state index in [1.54, 1.807) is 24.3 Å². The van der Waals surface area contributed by atoms with Gasteiger partial charge in [-0.15, -0.1) is 0 Å². The largest absolute Gasteiger partial charge is 0.497 e. The molecule has 7 nitrogen and oxygen atoms in total. The van der Waals surface area contributed by atoms with Crippen molar-refractivity contribution in [1.29, 1.82) is 0 Å². The number of nitro groups is 1. The van der Waals surface area contributed by atoms with Gasteiger partial charge in [-0.3, -0.25) is 15.2 Å². The minimum absolute atomic E-state index is 0.0647. The summed E-state index contributed by atoms with van der Waals surface area (Å²) in [6.07, 6.45) is 0. The first-order valence-corrected chi connectivity index (χ1v) is 6.17. The Morgan fingerprint density at radius 2 is 2.14 bits per heavy atom. The molecule has 7 heteroatoms. The van der Waals surface area contributed by atoms with E-state index in [4.69, 9.17) is 10.5 Å². The Balaban J connectivity index is 2.28. The molecular formula is C14H12N4O3. The van der Waals surface area contributed by atoms with Gasteiger partial charge in [0.15, 0.2) is 0 Å². The van der Waals surface area contributed by atoms with Crippen LogP contribution in [0, 0.1) is 10.1 Å². The van der Waals surface area contributed by atoms with E-state index in [0.717, 1.165) is 5.39 Å². The summed E-state index contributed by atoms with van der Waals surface area (Å²) in [7, 11) is 1.46. The van der Waals surface area contributed by atoms with Gasteiger partial charge in [-0.2, -0.15) is 5.10 Å². The van der Waals surface area contributed by atoms with E-state index in [1.807, 2.05) is 6.07 Å². The fraction of sp³-hybridized carbons (Fsp3) is 0.0714. The van der Waals surface area contributed by atoms with Crippen molar-refractivity contribution in [3.63, 3.8) is 0 Å². The highest BCUT2D eigenvalue weighted by Gasteiger charge is 2.21. The summed E-state index contributed by atoms with van der Waals surface area (Å²) in [6, 6.07) is 10.0. The number of ether oxygens (including phenoxy) is 1. The van der Waals surface area contributed by atoms with Crippen molar-refractivity contribution < 1.29 is 9.66 Å². The van der Waals surface area contributed by atoms with E-state index in [1.165, 1.54) is 13.2 Å². The van der Waals surface area contributed by atoms with Crippen LogP contribution in [0.25, 0.3) is 22.2 Å². The van der Waals surface area contributed by atoms with Crippen molar-refractivity contribution in [2.45, 2.75) is 0 Å². The molecule has 1 aromatic heterocycles. The number of H-pyrrole nitrogens is 1. The van der Waals surface area contributed by atoms with Gasteiger partial charge in [-0.05, 0) is 18.2 Å². The molecule has 0 aliphatic carbocycles. The molecule has 0 aliphatic rings. The highest BCUT2D eigenvalue weighted by Crippen LogP contribution is 2.36. The molecule has 1 heterocycles. The second-order valence-corrected chi connectivity index (χ2v) is 4.48. The summed E-state index contributed by atoms with van der Waals surface area (Å²) in [4.78, 5) is 10.8. The van der Waals surface area contributed by atoms with E-state index in [2.05, 4.69) is 10.2 Å². The third-order valence-corrected chi connectivity index (χ3v) is 3.29. The van der Waals surface area contributed by atoms with Crippen molar-refractivity contribution in [1.82, 2.24) is 10.2 Å². The SMILES string of the molecule is COc1ccc(-c2n[nH]c3c(N)cccc23)c([N+](=O)[O-])c1. The molecule has 21 heavy (non-hydrogen) atoms. The van der Waals surface area contributed by atoms with Gasteiger partial charge in [0.1, 0.15) is 11.4 Å². The molecule has 0 unspecified atom stereocenters. The van der Waals surface area contributed by atoms with Crippen LogP contribution in [0.5, 0.6) is 5.75 Å². The minimum atomic E-state index is -0.454. The normalized spacial score (nSPS) is 10.7. The lowest BCUT2D eigenvalue weighted by atomic mass is 10.1. The molecule has 0 saturated heterocycles. The first-order valence-electron chi connectivity index (χ1n) is 6.17. The Morgan fingerprint density at radius 3 is 2.86 bits per heavy atom. The summed E-state index contributed by atoms with van der Waals surface area (Å²) in [5.41, 5.74) is 7.92. The molecule has 3 aromatic rings. The number of nitrogens with zero attached hydrogens (tertiary/aromatic N) is 2.